The molecule has 2 amide bonds. The second kappa shape index (κ2) is 18.2. The van der Waals surface area contributed by atoms with Gasteiger partial charge in [-0.3, -0.25) is 9.59 Å². The Kier molecular flexibility index (Phi) is 14.0. The molecule has 1 aromatic heterocycles. The number of carbonyl (C=O) groups excluding carboxylic acids is 2. The second-order valence-corrected chi connectivity index (χ2v) is 12.7. The summed E-state index contributed by atoms with van der Waals surface area (Å²) in [6.45, 7) is 4.71. The number of rotatable bonds is 20. The normalized spacial score (nSPS) is 15.7. The maximum atomic E-state index is 13.8. The summed E-state index contributed by atoms with van der Waals surface area (Å²) in [5.74, 6) is 1.45. The second-order valence-electron chi connectivity index (χ2n) is 11.7. The standard InChI is InChI=1S/C34H50N2O5S/c1-2-3-4-5-6-7-8-9-10-11-12-17-33(37)36(24-29-15-13-20-39-29)26-34(38)35(25-30-16-14-21-42-30)23-28-18-19-31-32(22-28)41-27-40-31/h14,16,18-19,21-22,29H,2-13,15,17,20,23-27H2,1H3. The maximum Gasteiger partial charge on any atom is 0.242 e. The average molecular weight is 599 g/mol. The Morgan fingerprint density at radius 1 is 0.857 bits per heavy atom. The van der Waals surface area contributed by atoms with Crippen LogP contribution in [0.25, 0.3) is 0 Å². The van der Waals surface area contributed by atoms with Crippen LogP contribution in [0, 0.1) is 0 Å². The summed E-state index contributed by atoms with van der Waals surface area (Å²) in [7, 11) is 0. The zero-order valence-electron chi connectivity index (χ0n) is 25.5. The molecule has 0 bridgehead atoms. The van der Waals surface area contributed by atoms with Crippen molar-refractivity contribution in [3.8, 4) is 11.5 Å². The van der Waals surface area contributed by atoms with Crippen LogP contribution in [-0.4, -0.2) is 54.2 Å². The highest BCUT2D eigenvalue weighted by Crippen LogP contribution is 2.33. The molecule has 3 heterocycles. The lowest BCUT2D eigenvalue weighted by atomic mass is 10.0. The molecule has 7 nitrogen and oxygen atoms in total. The lowest BCUT2D eigenvalue weighted by Crippen LogP contribution is -2.45. The number of hydrogen-bond donors (Lipinski definition) is 0. The van der Waals surface area contributed by atoms with Crippen LogP contribution < -0.4 is 9.47 Å². The molecule has 0 N–H and O–H groups in total. The van der Waals surface area contributed by atoms with Crippen molar-refractivity contribution in [1.29, 1.82) is 0 Å². The van der Waals surface area contributed by atoms with Crippen LogP contribution in [0.5, 0.6) is 11.5 Å². The summed E-state index contributed by atoms with van der Waals surface area (Å²) in [4.78, 5) is 31.9. The van der Waals surface area contributed by atoms with E-state index in [0.29, 0.717) is 31.8 Å². The minimum Gasteiger partial charge on any atom is -0.454 e. The van der Waals surface area contributed by atoms with E-state index in [1.54, 1.807) is 16.2 Å². The SMILES string of the molecule is CCCCCCCCCCCCCC(=O)N(CC(=O)N(Cc1ccc2c(c1)OCO2)Cc1cccs1)CC1CCCO1. The largest absolute Gasteiger partial charge is 0.454 e. The van der Waals surface area contributed by atoms with Crippen LogP contribution in [0.1, 0.15) is 107 Å². The topological polar surface area (TPSA) is 68.3 Å². The average Bonchev–Trinajstić information content (AvgIpc) is 3.79. The van der Waals surface area contributed by atoms with Gasteiger partial charge in [0.15, 0.2) is 11.5 Å². The molecule has 2 aromatic rings. The van der Waals surface area contributed by atoms with Crippen molar-refractivity contribution < 1.29 is 23.8 Å². The van der Waals surface area contributed by atoms with Gasteiger partial charge in [-0.15, -0.1) is 11.3 Å². The van der Waals surface area contributed by atoms with Crippen LogP contribution in [-0.2, 0) is 27.4 Å². The van der Waals surface area contributed by atoms with Gasteiger partial charge in [-0.25, -0.2) is 0 Å². The Hall–Kier alpha value is -2.58. The highest BCUT2D eigenvalue weighted by Gasteiger charge is 2.27. The molecule has 0 spiro atoms. The molecule has 8 heteroatoms. The minimum atomic E-state index is -0.0497. The van der Waals surface area contributed by atoms with Crippen LogP contribution in [0.4, 0.5) is 0 Å². The fourth-order valence-corrected chi connectivity index (χ4v) is 6.45. The molecule has 1 unspecified atom stereocenters. The Morgan fingerprint density at radius 3 is 2.29 bits per heavy atom. The van der Waals surface area contributed by atoms with E-state index in [1.165, 1.54) is 57.8 Å². The van der Waals surface area contributed by atoms with Gasteiger partial charge in [0.1, 0.15) is 0 Å². The number of carbonyl (C=O) groups is 2. The van der Waals surface area contributed by atoms with E-state index in [4.69, 9.17) is 14.2 Å². The molecule has 4 rings (SSSR count). The Bertz CT molecular complexity index is 1070. The van der Waals surface area contributed by atoms with Crippen molar-refractivity contribution in [3.63, 3.8) is 0 Å². The molecule has 0 radical (unpaired) electrons. The minimum absolute atomic E-state index is 0.0127. The van der Waals surface area contributed by atoms with Crippen LogP contribution in [0.15, 0.2) is 35.7 Å². The quantitative estimate of drug-likeness (QED) is 0.146. The number of hydrogen-bond acceptors (Lipinski definition) is 6. The van der Waals surface area contributed by atoms with Crippen molar-refractivity contribution in [1.82, 2.24) is 9.80 Å². The summed E-state index contributed by atoms with van der Waals surface area (Å²) < 4.78 is 16.9. The predicted molar refractivity (Wildman–Crippen MR) is 168 cm³/mol. The predicted octanol–water partition coefficient (Wildman–Crippen LogP) is 7.71. The molecule has 2 aliphatic heterocycles. The van der Waals surface area contributed by atoms with Gasteiger partial charge in [-0.1, -0.05) is 83.3 Å². The van der Waals surface area contributed by atoms with Gasteiger partial charge < -0.3 is 24.0 Å². The van der Waals surface area contributed by atoms with Gasteiger partial charge in [0.05, 0.1) is 19.2 Å². The van der Waals surface area contributed by atoms with Crippen molar-refractivity contribution in [3.05, 3.63) is 46.2 Å². The smallest absolute Gasteiger partial charge is 0.242 e. The molecular weight excluding hydrogens is 548 g/mol. The number of fused-ring (bicyclic) bond motifs is 1. The van der Waals surface area contributed by atoms with Crippen molar-refractivity contribution in [2.24, 2.45) is 0 Å². The first-order valence-electron chi connectivity index (χ1n) is 16.2. The van der Waals surface area contributed by atoms with E-state index >= 15 is 0 Å². The summed E-state index contributed by atoms with van der Waals surface area (Å²) in [6.07, 6.45) is 16.2. The lowest BCUT2D eigenvalue weighted by Gasteiger charge is -2.29. The highest BCUT2D eigenvalue weighted by atomic mass is 32.1. The molecule has 1 saturated heterocycles. The number of amides is 2. The zero-order valence-corrected chi connectivity index (χ0v) is 26.3. The molecule has 1 atom stereocenters. The number of thiophene rings is 1. The molecule has 1 aromatic carbocycles. The van der Waals surface area contributed by atoms with E-state index in [9.17, 15) is 9.59 Å². The summed E-state index contributed by atoms with van der Waals surface area (Å²) in [5, 5.41) is 2.03. The third-order valence-corrected chi connectivity index (χ3v) is 9.07. The summed E-state index contributed by atoms with van der Waals surface area (Å²) in [6, 6.07) is 9.87. The van der Waals surface area contributed by atoms with E-state index < -0.39 is 0 Å². The molecule has 42 heavy (non-hydrogen) atoms. The highest BCUT2D eigenvalue weighted by molar-refractivity contribution is 7.09. The molecule has 232 valence electrons. The molecule has 2 aliphatic rings. The fourth-order valence-electron chi connectivity index (χ4n) is 5.73. The Morgan fingerprint density at radius 2 is 1.60 bits per heavy atom. The summed E-state index contributed by atoms with van der Waals surface area (Å²) >= 11 is 1.64. The first-order valence-corrected chi connectivity index (χ1v) is 17.1. The molecule has 0 saturated carbocycles. The van der Waals surface area contributed by atoms with Gasteiger partial charge in [0.25, 0.3) is 0 Å². The van der Waals surface area contributed by atoms with Crippen LogP contribution in [0.3, 0.4) is 0 Å². The van der Waals surface area contributed by atoms with E-state index in [2.05, 4.69) is 6.92 Å². The van der Waals surface area contributed by atoms with E-state index in [1.807, 2.05) is 40.6 Å². The van der Waals surface area contributed by atoms with Crippen LogP contribution >= 0.6 is 11.3 Å². The first kappa shape index (κ1) is 32.3. The summed E-state index contributed by atoms with van der Waals surface area (Å²) in [5.41, 5.74) is 0.974. The molecular formula is C34H50N2O5S. The van der Waals surface area contributed by atoms with Gasteiger partial charge in [0, 0.05) is 31.0 Å². The van der Waals surface area contributed by atoms with Crippen molar-refractivity contribution in [2.75, 3.05) is 26.5 Å². The third-order valence-electron chi connectivity index (χ3n) is 8.21. The van der Waals surface area contributed by atoms with E-state index in [-0.39, 0.29) is 31.3 Å². The van der Waals surface area contributed by atoms with Gasteiger partial charge >= 0.3 is 0 Å². The fraction of sp³-hybridized carbons (Fsp3) is 0.647. The van der Waals surface area contributed by atoms with Gasteiger partial charge in [0.2, 0.25) is 18.6 Å². The van der Waals surface area contributed by atoms with Gasteiger partial charge in [-0.05, 0) is 48.4 Å². The Balaban J connectivity index is 1.29. The molecule has 0 aliphatic carbocycles. The van der Waals surface area contributed by atoms with Gasteiger partial charge in [-0.2, -0.15) is 0 Å². The van der Waals surface area contributed by atoms with Crippen molar-refractivity contribution >= 4 is 23.2 Å². The lowest BCUT2D eigenvalue weighted by molar-refractivity contribution is -0.142. The number of nitrogens with zero attached hydrogens (tertiary/aromatic N) is 2. The molecule has 1 fully saturated rings. The Labute approximate surface area is 256 Å². The third kappa shape index (κ3) is 10.9. The number of unbranched alkanes of at least 4 members (excludes halogenated alkanes) is 10. The first-order chi connectivity index (χ1) is 20.6. The number of benzene rings is 1. The number of ether oxygens (including phenoxy) is 3. The monoisotopic (exact) mass is 598 g/mol. The van der Waals surface area contributed by atoms with Crippen molar-refractivity contribution in [2.45, 2.75) is 116 Å². The van der Waals surface area contributed by atoms with E-state index in [0.717, 1.165) is 48.5 Å². The maximum absolute atomic E-state index is 13.8. The van der Waals surface area contributed by atoms with Crippen LogP contribution in [0.2, 0.25) is 0 Å². The zero-order chi connectivity index (χ0) is 29.4.